The van der Waals surface area contributed by atoms with Crippen LogP contribution in [0.4, 0.5) is 10.8 Å². The van der Waals surface area contributed by atoms with E-state index in [9.17, 15) is 19.7 Å². The molecule has 132 valence electrons. The van der Waals surface area contributed by atoms with Gasteiger partial charge in [0.05, 0.1) is 10.6 Å². The number of aryl methyl sites for hydroxylation is 1. The molecular weight excluding hydrogens is 360 g/mol. The monoisotopic (exact) mass is 372 g/mol. The van der Waals surface area contributed by atoms with Crippen LogP contribution in [0.15, 0.2) is 41.2 Å². The van der Waals surface area contributed by atoms with Crippen LogP contribution in [0, 0.1) is 17.0 Å². The second-order valence-electron chi connectivity index (χ2n) is 5.20. The van der Waals surface area contributed by atoms with Gasteiger partial charge in [0, 0.05) is 23.8 Å². The Balaban J connectivity index is 1.83. The first-order valence-electron chi connectivity index (χ1n) is 7.35. The lowest BCUT2D eigenvalue weighted by Crippen LogP contribution is -2.29. The van der Waals surface area contributed by atoms with Crippen LogP contribution in [0.5, 0.6) is 0 Å². The van der Waals surface area contributed by atoms with Gasteiger partial charge in [0.15, 0.2) is 0 Å². The molecule has 0 atom stereocenters. The van der Waals surface area contributed by atoms with E-state index in [1.165, 1.54) is 41.7 Å². The fraction of sp³-hybridized carbons (Fsp3) is 0.133. The van der Waals surface area contributed by atoms with E-state index >= 15 is 0 Å². The van der Waals surface area contributed by atoms with Crippen molar-refractivity contribution >= 4 is 28.1 Å². The second-order valence-corrected chi connectivity index (χ2v) is 6.38. The summed E-state index contributed by atoms with van der Waals surface area (Å²) in [6.45, 7) is 1.43. The molecule has 1 N–H and O–H groups in total. The van der Waals surface area contributed by atoms with Gasteiger partial charge in [-0.15, -0.1) is 10.2 Å². The standard InChI is InChI=1S/C15H12N6O4S/c1-9-17-18-15(26-9)16-13(22)8-20-14(23)6-5-12(19-20)10-3-2-4-11(7-10)21(24)25/h2-7H,8H2,1H3,(H,16,18,22). The molecule has 1 aromatic carbocycles. The molecular formula is C15H12N6O4S. The van der Waals surface area contributed by atoms with Gasteiger partial charge in [-0.05, 0) is 13.0 Å². The Morgan fingerprint density at radius 3 is 2.81 bits per heavy atom. The maximum Gasteiger partial charge on any atom is 0.270 e. The van der Waals surface area contributed by atoms with Crippen LogP contribution in [0.1, 0.15) is 5.01 Å². The van der Waals surface area contributed by atoms with Crippen molar-refractivity contribution in [2.24, 2.45) is 0 Å². The Bertz CT molecular complexity index is 1040. The summed E-state index contributed by atoms with van der Waals surface area (Å²) in [5.74, 6) is -0.480. The number of hydrogen-bond donors (Lipinski definition) is 1. The number of anilines is 1. The predicted octanol–water partition coefficient (Wildman–Crippen LogP) is 1.62. The van der Waals surface area contributed by atoms with E-state index in [0.29, 0.717) is 21.4 Å². The number of aromatic nitrogens is 4. The van der Waals surface area contributed by atoms with Gasteiger partial charge in [-0.2, -0.15) is 5.10 Å². The van der Waals surface area contributed by atoms with Crippen molar-refractivity contribution in [3.05, 3.63) is 61.9 Å². The normalized spacial score (nSPS) is 10.5. The van der Waals surface area contributed by atoms with Crippen molar-refractivity contribution in [2.75, 3.05) is 5.32 Å². The molecule has 0 fully saturated rings. The number of nitro benzene ring substituents is 1. The minimum atomic E-state index is -0.517. The SMILES string of the molecule is Cc1nnc(NC(=O)Cn2nc(-c3cccc([N+](=O)[O-])c3)ccc2=O)s1. The number of nitrogens with zero attached hydrogens (tertiary/aromatic N) is 5. The van der Waals surface area contributed by atoms with Crippen LogP contribution >= 0.6 is 11.3 Å². The second kappa shape index (κ2) is 7.19. The van der Waals surface area contributed by atoms with E-state index in [2.05, 4.69) is 20.6 Å². The Labute approximate surface area is 150 Å². The average molecular weight is 372 g/mol. The van der Waals surface area contributed by atoms with Gasteiger partial charge in [0.1, 0.15) is 11.6 Å². The molecule has 26 heavy (non-hydrogen) atoms. The largest absolute Gasteiger partial charge is 0.299 e. The van der Waals surface area contributed by atoms with Gasteiger partial charge in [-0.25, -0.2) is 4.68 Å². The summed E-state index contributed by atoms with van der Waals surface area (Å²) in [5.41, 5.74) is 0.246. The van der Waals surface area contributed by atoms with E-state index in [1.807, 2.05) is 0 Å². The van der Waals surface area contributed by atoms with Gasteiger partial charge < -0.3 is 0 Å². The molecule has 3 rings (SSSR count). The van der Waals surface area contributed by atoms with E-state index in [1.54, 1.807) is 13.0 Å². The Morgan fingerprint density at radius 2 is 2.12 bits per heavy atom. The molecule has 2 heterocycles. The van der Waals surface area contributed by atoms with E-state index in [-0.39, 0.29) is 12.2 Å². The summed E-state index contributed by atoms with van der Waals surface area (Å²) in [4.78, 5) is 34.4. The van der Waals surface area contributed by atoms with E-state index in [0.717, 1.165) is 4.68 Å². The van der Waals surface area contributed by atoms with E-state index < -0.39 is 16.4 Å². The molecule has 0 radical (unpaired) electrons. The van der Waals surface area contributed by atoms with Crippen LogP contribution in [0.25, 0.3) is 11.3 Å². The van der Waals surface area contributed by atoms with Crippen LogP contribution in [0.3, 0.4) is 0 Å². The molecule has 0 saturated heterocycles. The van der Waals surface area contributed by atoms with Crippen LogP contribution in [-0.2, 0) is 11.3 Å². The number of nitrogens with one attached hydrogen (secondary N) is 1. The highest BCUT2D eigenvalue weighted by molar-refractivity contribution is 7.15. The van der Waals surface area contributed by atoms with Gasteiger partial charge in [0.25, 0.3) is 11.2 Å². The quantitative estimate of drug-likeness (QED) is 0.531. The summed E-state index contributed by atoms with van der Waals surface area (Å²) in [5, 5.41) is 26.1. The fourth-order valence-corrected chi connectivity index (χ4v) is 2.74. The van der Waals surface area contributed by atoms with Crippen molar-refractivity contribution in [2.45, 2.75) is 13.5 Å². The van der Waals surface area contributed by atoms with Gasteiger partial charge in [-0.1, -0.05) is 23.5 Å². The first kappa shape index (κ1) is 17.4. The highest BCUT2D eigenvalue weighted by Gasteiger charge is 2.12. The molecule has 1 amide bonds. The van der Waals surface area contributed by atoms with Crippen molar-refractivity contribution in [3.8, 4) is 11.3 Å². The third kappa shape index (κ3) is 3.95. The van der Waals surface area contributed by atoms with Crippen molar-refractivity contribution in [1.82, 2.24) is 20.0 Å². The molecule has 10 nitrogen and oxygen atoms in total. The van der Waals surface area contributed by atoms with Crippen LogP contribution in [-0.4, -0.2) is 30.8 Å². The van der Waals surface area contributed by atoms with Crippen LogP contribution in [0.2, 0.25) is 0 Å². The van der Waals surface area contributed by atoms with Gasteiger partial charge in [-0.3, -0.25) is 25.0 Å². The molecule has 11 heteroatoms. The summed E-state index contributed by atoms with van der Waals surface area (Å²) in [7, 11) is 0. The number of rotatable bonds is 5. The molecule has 0 saturated carbocycles. The number of amides is 1. The van der Waals surface area contributed by atoms with E-state index in [4.69, 9.17) is 0 Å². The van der Waals surface area contributed by atoms with Crippen molar-refractivity contribution in [3.63, 3.8) is 0 Å². The van der Waals surface area contributed by atoms with Crippen molar-refractivity contribution < 1.29 is 9.72 Å². The number of carbonyl (C=O) groups is 1. The summed E-state index contributed by atoms with van der Waals surface area (Å²) >= 11 is 1.21. The average Bonchev–Trinajstić information content (AvgIpc) is 3.01. The molecule has 2 aromatic heterocycles. The highest BCUT2D eigenvalue weighted by Crippen LogP contribution is 2.21. The third-order valence-electron chi connectivity index (χ3n) is 3.29. The van der Waals surface area contributed by atoms with Gasteiger partial charge >= 0.3 is 0 Å². The minimum Gasteiger partial charge on any atom is -0.299 e. The fourth-order valence-electron chi connectivity index (χ4n) is 2.14. The molecule has 0 aliphatic heterocycles. The number of hydrogen-bond acceptors (Lipinski definition) is 8. The first-order valence-corrected chi connectivity index (χ1v) is 8.17. The Kier molecular flexibility index (Phi) is 4.80. The minimum absolute atomic E-state index is 0.0913. The summed E-state index contributed by atoms with van der Waals surface area (Å²) < 4.78 is 0.984. The zero-order valence-corrected chi connectivity index (χ0v) is 14.3. The lowest BCUT2D eigenvalue weighted by molar-refractivity contribution is -0.384. The third-order valence-corrected chi connectivity index (χ3v) is 4.04. The highest BCUT2D eigenvalue weighted by atomic mass is 32.1. The smallest absolute Gasteiger partial charge is 0.270 e. The number of carbonyl (C=O) groups excluding carboxylic acids is 1. The lowest BCUT2D eigenvalue weighted by atomic mass is 10.1. The topological polar surface area (TPSA) is 133 Å². The maximum absolute atomic E-state index is 12.1. The Morgan fingerprint density at radius 1 is 1.31 bits per heavy atom. The van der Waals surface area contributed by atoms with Crippen LogP contribution < -0.4 is 10.9 Å². The molecule has 0 unspecified atom stereocenters. The first-order chi connectivity index (χ1) is 12.4. The van der Waals surface area contributed by atoms with Crippen molar-refractivity contribution in [1.29, 1.82) is 0 Å². The summed E-state index contributed by atoms with van der Waals surface area (Å²) in [6.07, 6.45) is 0. The number of non-ortho nitro benzene ring substituents is 1. The predicted molar refractivity (Wildman–Crippen MR) is 93.9 cm³/mol. The Hall–Kier alpha value is -3.47. The maximum atomic E-state index is 12.1. The molecule has 3 aromatic rings. The number of benzene rings is 1. The molecule has 0 aliphatic rings. The zero-order chi connectivity index (χ0) is 18.7. The zero-order valence-electron chi connectivity index (χ0n) is 13.4. The number of nitro groups is 1. The summed E-state index contributed by atoms with van der Waals surface area (Å²) in [6, 6.07) is 8.56. The molecule has 0 bridgehead atoms. The lowest BCUT2D eigenvalue weighted by Gasteiger charge is -2.07. The molecule has 0 spiro atoms. The van der Waals surface area contributed by atoms with Gasteiger partial charge in [0.2, 0.25) is 11.0 Å². The molecule has 0 aliphatic carbocycles.